The van der Waals surface area contributed by atoms with Crippen LogP contribution in [-0.4, -0.2) is 29.3 Å². The molecule has 19 heavy (non-hydrogen) atoms. The number of benzene rings is 1. The van der Waals surface area contributed by atoms with Gasteiger partial charge in [0.1, 0.15) is 5.52 Å². The number of carboxylic acid groups (broad SMARTS) is 1. The normalized spacial score (nSPS) is 22.9. The molecule has 5 nitrogen and oxygen atoms in total. The van der Waals surface area contributed by atoms with Crippen LogP contribution in [0.15, 0.2) is 29.0 Å². The molecular weight excluding hydrogens is 246 g/mol. The van der Waals surface area contributed by atoms with E-state index >= 15 is 0 Å². The monoisotopic (exact) mass is 259 g/mol. The minimum Gasteiger partial charge on any atom is -0.481 e. The average Bonchev–Trinajstić information content (AvgIpc) is 3.01. The first-order chi connectivity index (χ1) is 9.18. The number of carbonyl (C=O) groups is 1. The molecule has 2 aliphatic rings. The molecule has 0 unspecified atom stereocenters. The summed E-state index contributed by atoms with van der Waals surface area (Å²) in [6.45, 7) is 0.942. The Hall–Kier alpha value is -1.88. The summed E-state index contributed by atoms with van der Waals surface area (Å²) in [5, 5.41) is 9.55. The van der Waals surface area contributed by atoms with Crippen LogP contribution in [0.2, 0.25) is 0 Å². The van der Waals surface area contributed by atoms with Gasteiger partial charge in [-0.2, -0.15) is 0 Å². The van der Waals surface area contributed by atoms with E-state index in [1.807, 2.05) is 18.2 Å². The summed E-state index contributed by atoms with van der Waals surface area (Å²) >= 11 is 0. The standard InChI is InChI=1S/C14H13NO4/c16-12(17)13(3-4-13)14(6-18-7-14)9-1-2-10-11(5-9)19-8-15-10/h1-2,5,8H,3-4,6-7H2,(H,16,17). The molecule has 1 aromatic carbocycles. The number of aliphatic carboxylic acids is 1. The van der Waals surface area contributed by atoms with Crippen molar-refractivity contribution in [2.45, 2.75) is 18.3 Å². The molecule has 0 spiro atoms. The predicted molar refractivity (Wildman–Crippen MR) is 65.8 cm³/mol. The van der Waals surface area contributed by atoms with Gasteiger partial charge in [0.05, 0.1) is 24.0 Å². The van der Waals surface area contributed by atoms with Gasteiger partial charge in [0.15, 0.2) is 12.0 Å². The fraction of sp³-hybridized carbons (Fsp3) is 0.429. The van der Waals surface area contributed by atoms with Crippen LogP contribution in [-0.2, 0) is 14.9 Å². The van der Waals surface area contributed by atoms with E-state index in [1.54, 1.807) is 0 Å². The van der Waals surface area contributed by atoms with E-state index in [-0.39, 0.29) is 0 Å². The smallest absolute Gasteiger partial charge is 0.310 e. The van der Waals surface area contributed by atoms with Crippen molar-refractivity contribution in [2.75, 3.05) is 13.2 Å². The lowest BCUT2D eigenvalue weighted by atomic mass is 9.66. The molecule has 1 saturated carbocycles. The highest BCUT2D eigenvalue weighted by atomic mass is 16.5. The molecule has 0 radical (unpaired) electrons. The molecule has 0 bridgehead atoms. The van der Waals surface area contributed by atoms with Gasteiger partial charge in [-0.05, 0) is 30.5 Å². The lowest BCUT2D eigenvalue weighted by molar-refractivity contribution is -0.161. The number of fused-ring (bicyclic) bond motifs is 1. The maximum Gasteiger partial charge on any atom is 0.310 e. The van der Waals surface area contributed by atoms with Gasteiger partial charge in [-0.3, -0.25) is 4.79 Å². The molecule has 1 N–H and O–H groups in total. The summed E-state index contributed by atoms with van der Waals surface area (Å²) in [6.07, 6.45) is 2.85. The van der Waals surface area contributed by atoms with Crippen molar-refractivity contribution in [3.8, 4) is 0 Å². The first-order valence-electron chi connectivity index (χ1n) is 6.33. The second-order valence-electron chi connectivity index (χ2n) is 5.50. The topological polar surface area (TPSA) is 72.6 Å². The summed E-state index contributed by atoms with van der Waals surface area (Å²) in [6, 6.07) is 5.75. The van der Waals surface area contributed by atoms with Crippen LogP contribution in [0.4, 0.5) is 0 Å². The van der Waals surface area contributed by atoms with Crippen molar-refractivity contribution in [1.29, 1.82) is 0 Å². The first-order valence-corrected chi connectivity index (χ1v) is 6.33. The zero-order chi connectivity index (χ0) is 13.1. The number of nitrogens with zero attached hydrogens (tertiary/aromatic N) is 1. The highest BCUT2D eigenvalue weighted by Crippen LogP contribution is 2.62. The first kappa shape index (κ1) is 11.0. The zero-order valence-electron chi connectivity index (χ0n) is 10.3. The second-order valence-corrected chi connectivity index (χ2v) is 5.50. The second kappa shape index (κ2) is 3.36. The third kappa shape index (κ3) is 1.23. The lowest BCUT2D eigenvalue weighted by Gasteiger charge is -2.46. The summed E-state index contributed by atoms with van der Waals surface area (Å²) in [7, 11) is 0. The van der Waals surface area contributed by atoms with E-state index in [2.05, 4.69) is 4.98 Å². The van der Waals surface area contributed by atoms with Crippen LogP contribution >= 0.6 is 0 Å². The van der Waals surface area contributed by atoms with Crippen molar-refractivity contribution in [1.82, 2.24) is 4.98 Å². The highest BCUT2D eigenvalue weighted by molar-refractivity contribution is 5.82. The van der Waals surface area contributed by atoms with Crippen molar-refractivity contribution in [3.05, 3.63) is 30.2 Å². The van der Waals surface area contributed by atoms with Crippen LogP contribution in [0, 0.1) is 5.41 Å². The summed E-state index contributed by atoms with van der Waals surface area (Å²) in [4.78, 5) is 15.7. The van der Waals surface area contributed by atoms with Crippen LogP contribution in [0.1, 0.15) is 18.4 Å². The third-order valence-corrected chi connectivity index (χ3v) is 4.66. The van der Waals surface area contributed by atoms with Gasteiger partial charge in [0, 0.05) is 0 Å². The molecule has 0 amide bonds. The lowest BCUT2D eigenvalue weighted by Crippen LogP contribution is -2.56. The molecule has 1 aliphatic heterocycles. The maximum absolute atomic E-state index is 11.6. The van der Waals surface area contributed by atoms with Gasteiger partial charge in [-0.25, -0.2) is 4.98 Å². The van der Waals surface area contributed by atoms with E-state index in [0.29, 0.717) is 18.8 Å². The predicted octanol–water partition coefficient (Wildman–Crippen LogP) is 1.96. The molecular formula is C14H13NO4. The molecule has 98 valence electrons. The van der Waals surface area contributed by atoms with E-state index in [9.17, 15) is 9.90 Å². The molecule has 2 heterocycles. The quantitative estimate of drug-likeness (QED) is 0.912. The van der Waals surface area contributed by atoms with Crippen molar-refractivity contribution in [3.63, 3.8) is 0 Å². The van der Waals surface area contributed by atoms with Crippen LogP contribution in [0.25, 0.3) is 11.1 Å². The number of aromatic nitrogens is 1. The van der Waals surface area contributed by atoms with Crippen LogP contribution in [0.3, 0.4) is 0 Å². The Morgan fingerprint density at radius 3 is 2.68 bits per heavy atom. The zero-order valence-corrected chi connectivity index (χ0v) is 10.3. The van der Waals surface area contributed by atoms with Crippen LogP contribution < -0.4 is 0 Å². The molecule has 2 aromatic rings. The van der Waals surface area contributed by atoms with E-state index in [1.165, 1.54) is 6.39 Å². The van der Waals surface area contributed by atoms with Crippen molar-refractivity contribution in [2.24, 2.45) is 5.41 Å². The fourth-order valence-corrected chi connectivity index (χ4v) is 3.20. The van der Waals surface area contributed by atoms with Gasteiger partial charge >= 0.3 is 5.97 Å². The van der Waals surface area contributed by atoms with E-state index in [0.717, 1.165) is 23.9 Å². The van der Waals surface area contributed by atoms with Gasteiger partial charge < -0.3 is 14.3 Å². The molecule has 1 saturated heterocycles. The molecule has 2 fully saturated rings. The third-order valence-electron chi connectivity index (χ3n) is 4.66. The molecule has 1 aliphatic carbocycles. The number of rotatable bonds is 3. The Kier molecular flexibility index (Phi) is 1.94. The van der Waals surface area contributed by atoms with Gasteiger partial charge in [-0.1, -0.05) is 6.07 Å². The Balaban J connectivity index is 1.86. The summed E-state index contributed by atoms with van der Waals surface area (Å²) in [5.74, 6) is -0.714. The SMILES string of the molecule is O=C(O)C1(C2(c3ccc4ncoc4c3)COC2)CC1. The largest absolute Gasteiger partial charge is 0.481 e. The molecule has 4 rings (SSSR count). The molecule has 1 aromatic heterocycles. The van der Waals surface area contributed by atoms with Crippen molar-refractivity contribution >= 4 is 17.1 Å². The fourth-order valence-electron chi connectivity index (χ4n) is 3.20. The van der Waals surface area contributed by atoms with E-state index < -0.39 is 16.8 Å². The summed E-state index contributed by atoms with van der Waals surface area (Å²) < 4.78 is 10.7. The van der Waals surface area contributed by atoms with E-state index in [4.69, 9.17) is 9.15 Å². The average molecular weight is 259 g/mol. The number of ether oxygens (including phenoxy) is 1. The Morgan fingerprint density at radius 2 is 2.11 bits per heavy atom. The van der Waals surface area contributed by atoms with Crippen LogP contribution in [0.5, 0.6) is 0 Å². The Labute approximate surface area is 109 Å². The van der Waals surface area contributed by atoms with Gasteiger partial charge in [-0.15, -0.1) is 0 Å². The number of oxazole rings is 1. The maximum atomic E-state index is 11.6. The Bertz CT molecular complexity index is 667. The minimum atomic E-state index is -0.714. The Morgan fingerprint density at radius 1 is 1.32 bits per heavy atom. The molecule has 0 atom stereocenters. The summed E-state index contributed by atoms with van der Waals surface area (Å²) in [5.41, 5.74) is 1.42. The number of carboxylic acids is 1. The van der Waals surface area contributed by atoms with Gasteiger partial charge in [0.25, 0.3) is 0 Å². The molecule has 5 heteroatoms. The minimum absolute atomic E-state index is 0.403. The number of hydrogen-bond acceptors (Lipinski definition) is 4. The number of hydrogen-bond donors (Lipinski definition) is 1. The highest BCUT2D eigenvalue weighted by Gasteiger charge is 2.68. The van der Waals surface area contributed by atoms with Gasteiger partial charge in [0.2, 0.25) is 0 Å². The van der Waals surface area contributed by atoms with Crippen molar-refractivity contribution < 1.29 is 19.1 Å².